The molecule has 1 amide bonds. The fraction of sp³-hybridized carbons (Fsp3) is 0.467. The summed E-state index contributed by atoms with van der Waals surface area (Å²) in [6, 6.07) is 7.46. The van der Waals surface area contributed by atoms with Crippen LogP contribution >= 0.6 is 11.6 Å². The molecule has 1 aromatic carbocycles. The first-order chi connectivity index (χ1) is 9.46. The Morgan fingerprint density at radius 3 is 2.65 bits per heavy atom. The molecular formula is C15H18ClN3O. The van der Waals surface area contributed by atoms with E-state index in [-0.39, 0.29) is 5.91 Å². The van der Waals surface area contributed by atoms with Crippen molar-refractivity contribution in [1.29, 1.82) is 5.26 Å². The van der Waals surface area contributed by atoms with Crippen LogP contribution in [0.1, 0.15) is 28.8 Å². The van der Waals surface area contributed by atoms with Crippen molar-refractivity contribution in [2.45, 2.75) is 25.3 Å². The second-order valence-corrected chi connectivity index (χ2v) is 5.82. The quantitative estimate of drug-likeness (QED) is 0.910. The van der Waals surface area contributed by atoms with Gasteiger partial charge in [-0.2, -0.15) is 5.26 Å². The van der Waals surface area contributed by atoms with Crippen molar-refractivity contribution in [3.63, 3.8) is 0 Å². The van der Waals surface area contributed by atoms with E-state index < -0.39 is 5.54 Å². The molecule has 0 aromatic heterocycles. The van der Waals surface area contributed by atoms with Gasteiger partial charge in [0.2, 0.25) is 0 Å². The van der Waals surface area contributed by atoms with Crippen LogP contribution in [0.25, 0.3) is 0 Å². The smallest absolute Gasteiger partial charge is 0.252 e. The van der Waals surface area contributed by atoms with E-state index in [1.807, 2.05) is 20.0 Å². The van der Waals surface area contributed by atoms with E-state index in [0.717, 1.165) is 18.7 Å². The van der Waals surface area contributed by atoms with Gasteiger partial charge in [0.1, 0.15) is 5.54 Å². The second kappa shape index (κ2) is 5.82. The van der Waals surface area contributed by atoms with Crippen LogP contribution < -0.4 is 5.32 Å². The molecule has 1 saturated heterocycles. The Bertz CT molecular complexity index is 557. The van der Waals surface area contributed by atoms with Gasteiger partial charge in [-0.3, -0.25) is 4.79 Å². The molecule has 0 aliphatic carbocycles. The highest BCUT2D eigenvalue weighted by Crippen LogP contribution is 2.22. The molecule has 0 unspecified atom stereocenters. The maximum Gasteiger partial charge on any atom is 0.252 e. The molecule has 0 bridgehead atoms. The molecule has 1 fully saturated rings. The van der Waals surface area contributed by atoms with Gasteiger partial charge in [0, 0.05) is 23.7 Å². The molecule has 4 nitrogen and oxygen atoms in total. The van der Waals surface area contributed by atoms with Crippen LogP contribution in [0.4, 0.5) is 0 Å². The van der Waals surface area contributed by atoms with E-state index in [2.05, 4.69) is 16.3 Å². The first-order valence-electron chi connectivity index (χ1n) is 6.64. The summed E-state index contributed by atoms with van der Waals surface area (Å²) in [5.74, 6) is -0.238. The van der Waals surface area contributed by atoms with Gasteiger partial charge < -0.3 is 10.2 Å². The summed E-state index contributed by atoms with van der Waals surface area (Å²) in [5, 5.41) is 12.9. The van der Waals surface area contributed by atoms with Crippen molar-refractivity contribution in [1.82, 2.24) is 10.2 Å². The van der Waals surface area contributed by atoms with Crippen LogP contribution in [0.15, 0.2) is 18.2 Å². The van der Waals surface area contributed by atoms with Crippen LogP contribution in [-0.4, -0.2) is 36.5 Å². The lowest BCUT2D eigenvalue weighted by Crippen LogP contribution is -2.53. The third-order valence-corrected chi connectivity index (χ3v) is 4.25. The first-order valence-corrected chi connectivity index (χ1v) is 7.02. The Kier molecular flexibility index (Phi) is 4.32. The van der Waals surface area contributed by atoms with Crippen molar-refractivity contribution in [2.24, 2.45) is 0 Å². The lowest BCUT2D eigenvalue weighted by atomic mass is 9.89. The number of hydrogen-bond acceptors (Lipinski definition) is 3. The van der Waals surface area contributed by atoms with E-state index >= 15 is 0 Å². The second-order valence-electron chi connectivity index (χ2n) is 5.42. The van der Waals surface area contributed by atoms with Crippen LogP contribution in [0.3, 0.4) is 0 Å². The van der Waals surface area contributed by atoms with Gasteiger partial charge in [-0.25, -0.2) is 0 Å². The Balaban J connectivity index is 2.13. The Morgan fingerprint density at radius 2 is 2.10 bits per heavy atom. The minimum absolute atomic E-state index is 0.238. The average Bonchev–Trinajstić information content (AvgIpc) is 2.44. The highest BCUT2D eigenvalue weighted by atomic mass is 35.5. The predicted octanol–water partition coefficient (Wildman–Crippen LogP) is 2.37. The fourth-order valence-electron chi connectivity index (χ4n) is 2.29. The zero-order valence-electron chi connectivity index (χ0n) is 11.7. The van der Waals surface area contributed by atoms with Gasteiger partial charge in [-0.05, 0) is 44.5 Å². The van der Waals surface area contributed by atoms with Gasteiger partial charge >= 0.3 is 0 Å². The van der Waals surface area contributed by atoms with Crippen molar-refractivity contribution < 1.29 is 4.79 Å². The number of nitrogens with one attached hydrogen (secondary N) is 1. The van der Waals surface area contributed by atoms with E-state index in [0.29, 0.717) is 23.4 Å². The SMILES string of the molecule is Cc1ccc(C(=O)NC2(C#N)CCN(C)CC2)cc1Cl. The zero-order valence-corrected chi connectivity index (χ0v) is 12.5. The lowest BCUT2D eigenvalue weighted by molar-refractivity contribution is 0.0882. The predicted molar refractivity (Wildman–Crippen MR) is 78.7 cm³/mol. The summed E-state index contributed by atoms with van der Waals surface area (Å²) in [6.07, 6.45) is 1.29. The number of carbonyl (C=O) groups excluding carboxylic acids is 1. The van der Waals surface area contributed by atoms with Crippen molar-refractivity contribution >= 4 is 17.5 Å². The van der Waals surface area contributed by atoms with Gasteiger partial charge in [0.05, 0.1) is 6.07 Å². The van der Waals surface area contributed by atoms with E-state index in [1.54, 1.807) is 12.1 Å². The topological polar surface area (TPSA) is 56.1 Å². The summed E-state index contributed by atoms with van der Waals surface area (Å²) in [6.45, 7) is 3.50. The lowest BCUT2D eigenvalue weighted by Gasteiger charge is -2.36. The molecule has 0 saturated carbocycles. The summed E-state index contributed by atoms with van der Waals surface area (Å²) in [4.78, 5) is 14.4. The van der Waals surface area contributed by atoms with Gasteiger partial charge in [-0.1, -0.05) is 17.7 Å². The molecule has 0 atom stereocenters. The number of piperidine rings is 1. The van der Waals surface area contributed by atoms with Crippen LogP contribution in [0.2, 0.25) is 5.02 Å². The molecule has 2 rings (SSSR count). The third kappa shape index (κ3) is 3.12. The highest BCUT2D eigenvalue weighted by molar-refractivity contribution is 6.31. The molecular weight excluding hydrogens is 274 g/mol. The summed E-state index contributed by atoms with van der Waals surface area (Å²) < 4.78 is 0. The monoisotopic (exact) mass is 291 g/mol. The standard InChI is InChI=1S/C15H18ClN3O/c1-11-3-4-12(9-13(11)16)14(20)18-15(10-17)5-7-19(2)8-6-15/h3-4,9H,5-8H2,1-2H3,(H,18,20). The van der Waals surface area contributed by atoms with Crippen molar-refractivity contribution in [2.75, 3.05) is 20.1 Å². The Morgan fingerprint density at radius 1 is 1.45 bits per heavy atom. The summed E-state index contributed by atoms with van der Waals surface area (Å²) in [7, 11) is 2.02. The van der Waals surface area contributed by atoms with Gasteiger partial charge in [0.15, 0.2) is 0 Å². The first kappa shape index (κ1) is 14.8. The molecule has 1 aliphatic heterocycles. The molecule has 1 aromatic rings. The number of nitrogens with zero attached hydrogens (tertiary/aromatic N) is 2. The number of amides is 1. The number of carbonyl (C=O) groups is 1. The van der Waals surface area contributed by atoms with E-state index in [1.165, 1.54) is 0 Å². The van der Waals surface area contributed by atoms with E-state index in [9.17, 15) is 10.1 Å². The largest absolute Gasteiger partial charge is 0.334 e. The Labute approximate surface area is 124 Å². The average molecular weight is 292 g/mol. The number of halogens is 1. The maximum absolute atomic E-state index is 12.3. The maximum atomic E-state index is 12.3. The van der Waals surface area contributed by atoms with Crippen LogP contribution in [-0.2, 0) is 0 Å². The highest BCUT2D eigenvalue weighted by Gasteiger charge is 2.35. The molecule has 5 heteroatoms. The third-order valence-electron chi connectivity index (χ3n) is 3.84. The molecule has 0 radical (unpaired) electrons. The molecule has 20 heavy (non-hydrogen) atoms. The molecule has 0 spiro atoms. The van der Waals surface area contributed by atoms with Gasteiger partial charge in [0.25, 0.3) is 5.91 Å². The molecule has 1 N–H and O–H groups in total. The number of benzene rings is 1. The number of nitriles is 1. The summed E-state index contributed by atoms with van der Waals surface area (Å²) >= 11 is 6.04. The number of rotatable bonds is 2. The number of likely N-dealkylation sites (tertiary alicyclic amines) is 1. The van der Waals surface area contributed by atoms with Crippen LogP contribution in [0, 0.1) is 18.3 Å². The summed E-state index contributed by atoms with van der Waals surface area (Å²) in [5.41, 5.74) is 0.660. The molecule has 106 valence electrons. The Hall–Kier alpha value is -1.57. The van der Waals surface area contributed by atoms with Crippen molar-refractivity contribution in [3.8, 4) is 6.07 Å². The molecule has 1 aliphatic rings. The van der Waals surface area contributed by atoms with Crippen molar-refractivity contribution in [3.05, 3.63) is 34.3 Å². The number of aryl methyl sites for hydroxylation is 1. The minimum Gasteiger partial charge on any atom is -0.334 e. The minimum atomic E-state index is -0.763. The van der Waals surface area contributed by atoms with Gasteiger partial charge in [-0.15, -0.1) is 0 Å². The normalized spacial score (nSPS) is 18.3. The van der Waals surface area contributed by atoms with Crippen LogP contribution in [0.5, 0.6) is 0 Å². The van der Waals surface area contributed by atoms with E-state index in [4.69, 9.17) is 11.6 Å². The fourth-order valence-corrected chi connectivity index (χ4v) is 2.47. The number of hydrogen-bond donors (Lipinski definition) is 1. The zero-order chi connectivity index (χ0) is 14.8. The molecule has 1 heterocycles.